The molecule has 1 atom stereocenters. The Balaban J connectivity index is 1.87. The summed E-state index contributed by atoms with van der Waals surface area (Å²) < 4.78 is 0. The second kappa shape index (κ2) is 9.35. The van der Waals surface area contributed by atoms with Crippen LogP contribution in [0.4, 0.5) is 0 Å². The number of nitrogens with one attached hydrogen (secondary N) is 1. The molecule has 0 aromatic rings. The SMILES string of the molecule is CCCCCNCC(C)SCC1CCCC1. The van der Waals surface area contributed by atoms with E-state index >= 15 is 0 Å². The number of hydrogen-bond donors (Lipinski definition) is 1. The first-order valence-electron chi connectivity index (χ1n) is 7.15. The van der Waals surface area contributed by atoms with Crippen LogP contribution < -0.4 is 5.32 Å². The van der Waals surface area contributed by atoms with Crippen LogP contribution in [-0.4, -0.2) is 24.1 Å². The molecule has 1 saturated carbocycles. The van der Waals surface area contributed by atoms with E-state index < -0.39 is 0 Å². The van der Waals surface area contributed by atoms with Crippen LogP contribution >= 0.6 is 11.8 Å². The summed E-state index contributed by atoms with van der Waals surface area (Å²) >= 11 is 2.17. The Morgan fingerprint density at radius 2 is 2.00 bits per heavy atom. The standard InChI is InChI=1S/C14H29NS/c1-3-4-7-10-15-11-13(2)16-12-14-8-5-6-9-14/h13-15H,3-12H2,1-2H3. The van der Waals surface area contributed by atoms with Crippen molar-refractivity contribution in [2.24, 2.45) is 5.92 Å². The van der Waals surface area contributed by atoms with Gasteiger partial charge in [0.1, 0.15) is 0 Å². The minimum atomic E-state index is 0.794. The number of hydrogen-bond acceptors (Lipinski definition) is 2. The van der Waals surface area contributed by atoms with Crippen molar-refractivity contribution in [2.45, 2.75) is 64.0 Å². The second-order valence-electron chi connectivity index (χ2n) is 5.21. The predicted molar refractivity (Wildman–Crippen MR) is 76.3 cm³/mol. The van der Waals surface area contributed by atoms with E-state index in [0.29, 0.717) is 0 Å². The molecule has 96 valence electrons. The van der Waals surface area contributed by atoms with E-state index in [-0.39, 0.29) is 0 Å². The summed E-state index contributed by atoms with van der Waals surface area (Å²) in [6.45, 7) is 7.04. The predicted octanol–water partition coefficient (Wildman–Crippen LogP) is 4.08. The molecule has 0 heterocycles. The molecule has 0 bridgehead atoms. The topological polar surface area (TPSA) is 12.0 Å². The van der Waals surface area contributed by atoms with Crippen LogP contribution in [0, 0.1) is 5.92 Å². The van der Waals surface area contributed by atoms with Crippen molar-refractivity contribution in [1.29, 1.82) is 0 Å². The fourth-order valence-electron chi connectivity index (χ4n) is 2.34. The zero-order chi connectivity index (χ0) is 11.6. The fourth-order valence-corrected chi connectivity index (χ4v) is 3.51. The van der Waals surface area contributed by atoms with Gasteiger partial charge in [-0.1, -0.05) is 39.5 Å². The molecule has 1 nitrogen and oxygen atoms in total. The van der Waals surface area contributed by atoms with E-state index in [0.717, 1.165) is 11.2 Å². The summed E-state index contributed by atoms with van der Waals surface area (Å²) in [7, 11) is 0. The third kappa shape index (κ3) is 6.80. The van der Waals surface area contributed by atoms with Crippen molar-refractivity contribution in [3.05, 3.63) is 0 Å². The van der Waals surface area contributed by atoms with Gasteiger partial charge in [-0.15, -0.1) is 0 Å². The van der Waals surface area contributed by atoms with Crippen molar-refractivity contribution in [2.75, 3.05) is 18.8 Å². The van der Waals surface area contributed by atoms with Crippen molar-refractivity contribution < 1.29 is 0 Å². The summed E-state index contributed by atoms with van der Waals surface area (Å²) in [5, 5.41) is 4.37. The van der Waals surface area contributed by atoms with Crippen molar-refractivity contribution in [1.82, 2.24) is 5.32 Å². The lowest BCUT2D eigenvalue weighted by atomic mass is 10.1. The van der Waals surface area contributed by atoms with Crippen molar-refractivity contribution in [3.8, 4) is 0 Å². The largest absolute Gasteiger partial charge is 0.316 e. The molecule has 1 N–H and O–H groups in total. The van der Waals surface area contributed by atoms with E-state index in [1.807, 2.05) is 0 Å². The Morgan fingerprint density at radius 3 is 2.69 bits per heavy atom. The Bertz CT molecular complexity index is 155. The molecule has 0 amide bonds. The molecule has 1 unspecified atom stereocenters. The molecule has 0 aromatic carbocycles. The van der Waals surface area contributed by atoms with Gasteiger partial charge in [0.05, 0.1) is 0 Å². The van der Waals surface area contributed by atoms with Gasteiger partial charge in [-0.3, -0.25) is 0 Å². The lowest BCUT2D eigenvalue weighted by molar-refractivity contribution is 0.607. The molecule has 16 heavy (non-hydrogen) atoms. The average molecular weight is 243 g/mol. The highest BCUT2D eigenvalue weighted by Gasteiger charge is 2.15. The van der Waals surface area contributed by atoms with E-state index in [1.165, 1.54) is 63.8 Å². The van der Waals surface area contributed by atoms with E-state index in [4.69, 9.17) is 0 Å². The van der Waals surface area contributed by atoms with Crippen LogP contribution in [0.3, 0.4) is 0 Å². The highest BCUT2D eigenvalue weighted by molar-refractivity contribution is 7.99. The van der Waals surface area contributed by atoms with Gasteiger partial charge in [0, 0.05) is 11.8 Å². The maximum atomic E-state index is 3.57. The summed E-state index contributed by atoms with van der Waals surface area (Å²) in [4.78, 5) is 0. The molecule has 0 radical (unpaired) electrons. The number of unbranched alkanes of at least 4 members (excludes halogenated alkanes) is 2. The Labute approximate surface area is 106 Å². The minimum Gasteiger partial charge on any atom is -0.316 e. The molecule has 0 spiro atoms. The van der Waals surface area contributed by atoms with E-state index in [1.54, 1.807) is 0 Å². The van der Waals surface area contributed by atoms with Crippen molar-refractivity contribution >= 4 is 11.8 Å². The molecule has 1 aliphatic carbocycles. The maximum absolute atomic E-state index is 3.57. The van der Waals surface area contributed by atoms with Crippen LogP contribution in [0.25, 0.3) is 0 Å². The lowest BCUT2D eigenvalue weighted by Gasteiger charge is -2.15. The van der Waals surface area contributed by atoms with Gasteiger partial charge in [-0.25, -0.2) is 0 Å². The minimum absolute atomic E-state index is 0.794. The Morgan fingerprint density at radius 1 is 1.25 bits per heavy atom. The van der Waals surface area contributed by atoms with Crippen molar-refractivity contribution in [3.63, 3.8) is 0 Å². The summed E-state index contributed by atoms with van der Waals surface area (Å²) in [6.07, 6.45) is 9.98. The first kappa shape index (κ1) is 14.4. The zero-order valence-corrected chi connectivity index (χ0v) is 12.0. The Hall–Kier alpha value is 0.310. The van der Waals surface area contributed by atoms with E-state index in [9.17, 15) is 0 Å². The third-order valence-electron chi connectivity index (χ3n) is 3.48. The van der Waals surface area contributed by atoms with Gasteiger partial charge in [-0.2, -0.15) is 11.8 Å². The monoisotopic (exact) mass is 243 g/mol. The lowest BCUT2D eigenvalue weighted by Crippen LogP contribution is -2.24. The maximum Gasteiger partial charge on any atom is 0.0144 e. The van der Waals surface area contributed by atoms with Gasteiger partial charge in [0.2, 0.25) is 0 Å². The molecule has 0 aromatic heterocycles. The second-order valence-corrected chi connectivity index (χ2v) is 6.68. The van der Waals surface area contributed by atoms with Gasteiger partial charge in [0.25, 0.3) is 0 Å². The molecule has 1 aliphatic rings. The van der Waals surface area contributed by atoms with Gasteiger partial charge < -0.3 is 5.32 Å². The van der Waals surface area contributed by atoms with Gasteiger partial charge in [-0.05, 0) is 37.5 Å². The molecular formula is C14H29NS. The van der Waals surface area contributed by atoms with Gasteiger partial charge >= 0.3 is 0 Å². The van der Waals surface area contributed by atoms with Crippen LogP contribution in [-0.2, 0) is 0 Å². The zero-order valence-electron chi connectivity index (χ0n) is 11.1. The Kier molecular flexibility index (Phi) is 8.40. The van der Waals surface area contributed by atoms with Crippen LogP contribution in [0.2, 0.25) is 0 Å². The molecule has 0 saturated heterocycles. The third-order valence-corrected chi connectivity index (χ3v) is 4.88. The molecule has 2 heteroatoms. The summed E-state index contributed by atoms with van der Waals surface area (Å²) in [6, 6.07) is 0. The van der Waals surface area contributed by atoms with Crippen LogP contribution in [0.5, 0.6) is 0 Å². The highest BCUT2D eigenvalue weighted by atomic mass is 32.2. The molecular weight excluding hydrogens is 214 g/mol. The van der Waals surface area contributed by atoms with Gasteiger partial charge in [0.15, 0.2) is 0 Å². The van der Waals surface area contributed by atoms with Crippen LogP contribution in [0.15, 0.2) is 0 Å². The normalized spacial score (nSPS) is 19.1. The molecule has 0 aliphatic heterocycles. The number of thioether (sulfide) groups is 1. The first-order chi connectivity index (χ1) is 7.83. The summed E-state index contributed by atoms with van der Waals surface area (Å²) in [5.74, 6) is 2.44. The quantitative estimate of drug-likeness (QED) is 0.612. The number of rotatable bonds is 9. The van der Waals surface area contributed by atoms with E-state index in [2.05, 4.69) is 30.9 Å². The average Bonchev–Trinajstić information content (AvgIpc) is 2.79. The molecule has 1 fully saturated rings. The molecule has 1 rings (SSSR count). The fraction of sp³-hybridized carbons (Fsp3) is 1.00. The first-order valence-corrected chi connectivity index (χ1v) is 8.20. The highest BCUT2D eigenvalue weighted by Crippen LogP contribution is 2.29. The van der Waals surface area contributed by atoms with Crippen LogP contribution in [0.1, 0.15) is 58.8 Å². The summed E-state index contributed by atoms with van der Waals surface area (Å²) in [5.41, 5.74) is 0. The smallest absolute Gasteiger partial charge is 0.0144 e.